The number of hydrogen-bond donors (Lipinski definition) is 3. The molecule has 0 radical (unpaired) electrons. The Morgan fingerprint density at radius 2 is 1.79 bits per heavy atom. The molecule has 0 saturated heterocycles. The molecule has 3 amide bonds. The summed E-state index contributed by atoms with van der Waals surface area (Å²) in [6.45, 7) is 4.55. The molecule has 1 atom stereocenters. The Morgan fingerprint density at radius 3 is 2.41 bits per heavy atom. The van der Waals surface area contributed by atoms with E-state index in [0.717, 1.165) is 10.4 Å². The van der Waals surface area contributed by atoms with Gasteiger partial charge in [0.25, 0.3) is 0 Å². The third-order valence-electron chi connectivity index (χ3n) is 4.49. The quantitative estimate of drug-likeness (QED) is 0.519. The molecule has 3 rings (SSSR count). The summed E-state index contributed by atoms with van der Waals surface area (Å²) in [4.78, 5) is 25.2. The average molecular weight is 412 g/mol. The van der Waals surface area contributed by atoms with Crippen LogP contribution < -0.4 is 16.0 Å². The number of furan rings is 1. The van der Waals surface area contributed by atoms with Crippen molar-refractivity contribution in [2.24, 2.45) is 0 Å². The van der Waals surface area contributed by atoms with Gasteiger partial charge in [0.2, 0.25) is 5.91 Å². The van der Waals surface area contributed by atoms with E-state index in [9.17, 15) is 9.59 Å². The summed E-state index contributed by atoms with van der Waals surface area (Å²) < 4.78 is 5.14. The van der Waals surface area contributed by atoms with E-state index >= 15 is 0 Å². The third-order valence-corrected chi connectivity index (χ3v) is 5.42. The van der Waals surface area contributed by atoms with Gasteiger partial charge in [0.05, 0.1) is 25.4 Å². The van der Waals surface area contributed by atoms with Gasteiger partial charge in [0.15, 0.2) is 0 Å². The predicted molar refractivity (Wildman–Crippen MR) is 114 cm³/mol. The lowest BCUT2D eigenvalue weighted by atomic mass is 9.98. The summed E-state index contributed by atoms with van der Waals surface area (Å²) in [5, 5.41) is 10.2. The molecule has 0 spiro atoms. The van der Waals surface area contributed by atoms with Gasteiger partial charge in [0.1, 0.15) is 5.76 Å². The van der Waals surface area contributed by atoms with E-state index in [1.807, 2.05) is 17.5 Å². The molecule has 0 saturated carbocycles. The van der Waals surface area contributed by atoms with Crippen molar-refractivity contribution in [1.29, 1.82) is 0 Å². The molecule has 3 N–H and O–H groups in total. The van der Waals surface area contributed by atoms with E-state index in [2.05, 4.69) is 54.1 Å². The fourth-order valence-electron chi connectivity index (χ4n) is 2.90. The van der Waals surface area contributed by atoms with Crippen LogP contribution >= 0.6 is 11.3 Å². The molecule has 0 aliphatic heterocycles. The van der Waals surface area contributed by atoms with E-state index in [1.54, 1.807) is 23.5 Å². The maximum Gasteiger partial charge on any atom is 0.321 e. The standard InChI is InChI=1S/C22H25N3O3S/c1-15(2)16-7-9-17(10-8-16)21(19-6-4-12-29-19)23-14-20(26)25-22(27)24-13-18-5-3-11-28-18/h3-12,15,21,23H,13-14H2,1-2H3,(H2,24,25,26,27)/t21-/m1/s1. The SMILES string of the molecule is CC(C)c1ccc([C@@H](NCC(=O)NC(=O)NCc2ccco2)c2cccs2)cc1. The zero-order valence-corrected chi connectivity index (χ0v) is 17.3. The number of thiophene rings is 1. The van der Waals surface area contributed by atoms with Crippen molar-refractivity contribution in [3.63, 3.8) is 0 Å². The van der Waals surface area contributed by atoms with Gasteiger partial charge in [-0.2, -0.15) is 0 Å². The van der Waals surface area contributed by atoms with Gasteiger partial charge in [-0.05, 0) is 40.6 Å². The number of urea groups is 1. The number of imide groups is 1. The second-order valence-corrected chi connectivity index (χ2v) is 7.94. The first-order valence-corrected chi connectivity index (χ1v) is 10.4. The highest BCUT2D eigenvalue weighted by molar-refractivity contribution is 7.10. The van der Waals surface area contributed by atoms with Crippen LogP contribution in [0.2, 0.25) is 0 Å². The van der Waals surface area contributed by atoms with Crippen LogP contribution in [0.25, 0.3) is 0 Å². The Hall–Kier alpha value is -2.90. The second kappa shape index (κ2) is 10.0. The van der Waals surface area contributed by atoms with Gasteiger partial charge in [-0.1, -0.05) is 44.2 Å². The van der Waals surface area contributed by atoms with E-state index in [0.29, 0.717) is 11.7 Å². The molecule has 0 bridgehead atoms. The van der Waals surface area contributed by atoms with Crippen molar-refractivity contribution >= 4 is 23.3 Å². The van der Waals surface area contributed by atoms with Crippen molar-refractivity contribution in [1.82, 2.24) is 16.0 Å². The fraction of sp³-hybridized carbons (Fsp3) is 0.273. The van der Waals surface area contributed by atoms with Crippen molar-refractivity contribution < 1.29 is 14.0 Å². The van der Waals surface area contributed by atoms with Crippen LogP contribution in [0.4, 0.5) is 4.79 Å². The fourth-order valence-corrected chi connectivity index (χ4v) is 3.73. The molecule has 1 aromatic carbocycles. The Labute approximate surface area is 174 Å². The highest BCUT2D eigenvalue weighted by Gasteiger charge is 2.17. The van der Waals surface area contributed by atoms with Crippen LogP contribution in [-0.2, 0) is 11.3 Å². The molecule has 2 aromatic heterocycles. The lowest BCUT2D eigenvalue weighted by Gasteiger charge is -2.19. The molecule has 2 heterocycles. The van der Waals surface area contributed by atoms with Crippen LogP contribution in [0.3, 0.4) is 0 Å². The normalized spacial score (nSPS) is 12.0. The molecule has 3 aromatic rings. The Balaban J connectivity index is 1.57. The van der Waals surface area contributed by atoms with Gasteiger partial charge in [-0.15, -0.1) is 11.3 Å². The molecular formula is C22H25N3O3S. The molecule has 152 valence electrons. The number of amides is 3. The van der Waals surface area contributed by atoms with E-state index in [1.165, 1.54) is 11.8 Å². The minimum Gasteiger partial charge on any atom is -0.467 e. The van der Waals surface area contributed by atoms with Crippen molar-refractivity contribution in [2.75, 3.05) is 6.54 Å². The number of benzene rings is 1. The first-order chi connectivity index (χ1) is 14.0. The van der Waals surface area contributed by atoms with E-state index in [-0.39, 0.29) is 19.1 Å². The first kappa shape index (κ1) is 20.8. The molecule has 0 fully saturated rings. The number of carbonyl (C=O) groups is 2. The van der Waals surface area contributed by atoms with Crippen molar-refractivity contribution in [2.45, 2.75) is 32.4 Å². The topological polar surface area (TPSA) is 83.4 Å². The summed E-state index contributed by atoms with van der Waals surface area (Å²) in [6.07, 6.45) is 1.53. The summed E-state index contributed by atoms with van der Waals surface area (Å²) in [5.74, 6) is 0.679. The van der Waals surface area contributed by atoms with E-state index < -0.39 is 11.9 Å². The zero-order valence-electron chi connectivity index (χ0n) is 16.5. The maximum atomic E-state index is 12.2. The molecule has 0 aliphatic rings. The van der Waals surface area contributed by atoms with Gasteiger partial charge in [-0.3, -0.25) is 15.4 Å². The van der Waals surface area contributed by atoms with Gasteiger partial charge in [-0.25, -0.2) is 4.79 Å². The minimum absolute atomic E-state index is 0.0165. The molecule has 0 aliphatic carbocycles. The van der Waals surface area contributed by atoms with Crippen LogP contribution in [-0.4, -0.2) is 18.5 Å². The summed E-state index contributed by atoms with van der Waals surface area (Å²) in [7, 11) is 0. The minimum atomic E-state index is -0.554. The Kier molecular flexibility index (Phi) is 7.21. The number of nitrogens with one attached hydrogen (secondary N) is 3. The molecule has 7 heteroatoms. The van der Waals surface area contributed by atoms with Crippen LogP contribution in [0, 0.1) is 0 Å². The average Bonchev–Trinajstić information content (AvgIpc) is 3.41. The third kappa shape index (κ3) is 6.04. The Bertz CT molecular complexity index is 903. The van der Waals surface area contributed by atoms with Crippen LogP contribution in [0.15, 0.2) is 64.6 Å². The molecule has 6 nitrogen and oxygen atoms in total. The lowest BCUT2D eigenvalue weighted by molar-refractivity contribution is -0.119. The maximum absolute atomic E-state index is 12.2. The van der Waals surface area contributed by atoms with Gasteiger partial charge >= 0.3 is 6.03 Å². The van der Waals surface area contributed by atoms with Crippen molar-refractivity contribution in [3.8, 4) is 0 Å². The highest BCUT2D eigenvalue weighted by Crippen LogP contribution is 2.27. The zero-order chi connectivity index (χ0) is 20.6. The number of carbonyl (C=O) groups excluding carboxylic acids is 2. The smallest absolute Gasteiger partial charge is 0.321 e. The summed E-state index contributed by atoms with van der Waals surface area (Å²) in [5.41, 5.74) is 2.34. The van der Waals surface area contributed by atoms with Gasteiger partial charge < -0.3 is 9.73 Å². The second-order valence-electron chi connectivity index (χ2n) is 6.96. The molecular weight excluding hydrogens is 386 g/mol. The lowest BCUT2D eigenvalue weighted by Crippen LogP contribution is -2.43. The monoisotopic (exact) mass is 411 g/mol. The van der Waals surface area contributed by atoms with Crippen molar-refractivity contribution in [3.05, 3.63) is 81.9 Å². The largest absolute Gasteiger partial charge is 0.467 e. The number of rotatable bonds is 8. The highest BCUT2D eigenvalue weighted by atomic mass is 32.1. The first-order valence-electron chi connectivity index (χ1n) is 9.49. The van der Waals surface area contributed by atoms with E-state index in [4.69, 9.17) is 4.42 Å². The van der Waals surface area contributed by atoms with Crippen LogP contribution in [0.1, 0.15) is 47.6 Å². The number of hydrogen-bond acceptors (Lipinski definition) is 5. The summed E-state index contributed by atoms with van der Waals surface area (Å²) in [6, 6.07) is 15.2. The summed E-state index contributed by atoms with van der Waals surface area (Å²) >= 11 is 1.62. The predicted octanol–water partition coefficient (Wildman–Crippen LogP) is 4.17. The molecule has 29 heavy (non-hydrogen) atoms. The van der Waals surface area contributed by atoms with Crippen LogP contribution in [0.5, 0.6) is 0 Å². The molecule has 0 unspecified atom stereocenters. The van der Waals surface area contributed by atoms with Gasteiger partial charge in [0, 0.05) is 4.88 Å². The Morgan fingerprint density at radius 1 is 1.03 bits per heavy atom.